The molecule has 0 amide bonds. The van der Waals surface area contributed by atoms with E-state index in [9.17, 15) is 5.11 Å². The molecule has 4 aliphatic rings. The lowest BCUT2D eigenvalue weighted by atomic mass is 9.49. The molecule has 0 aromatic carbocycles. The topological polar surface area (TPSA) is 20.2 Å². The molecule has 1 nitrogen and oxygen atoms in total. The second-order valence-corrected chi connectivity index (χ2v) is 8.71. The molecule has 0 aromatic heterocycles. The normalized spacial score (nSPS) is 46.7. The van der Waals surface area contributed by atoms with Crippen molar-refractivity contribution < 1.29 is 5.11 Å². The van der Waals surface area contributed by atoms with Crippen LogP contribution in [0.3, 0.4) is 0 Å². The molecule has 4 aliphatic carbocycles. The third-order valence-corrected chi connectivity index (χ3v) is 6.06. The summed E-state index contributed by atoms with van der Waals surface area (Å²) < 4.78 is 0. The fourth-order valence-electron chi connectivity index (χ4n) is 5.31. The summed E-state index contributed by atoms with van der Waals surface area (Å²) >= 11 is 0. The first-order valence-electron chi connectivity index (χ1n) is 8.09. The van der Waals surface area contributed by atoms with E-state index < -0.39 is 0 Å². The van der Waals surface area contributed by atoms with Gasteiger partial charge in [0, 0.05) is 0 Å². The van der Waals surface area contributed by atoms with Gasteiger partial charge in [0.05, 0.1) is 5.60 Å². The average Bonchev–Trinajstić information content (AvgIpc) is 2.23. The van der Waals surface area contributed by atoms with Crippen LogP contribution in [0.15, 0.2) is 0 Å². The van der Waals surface area contributed by atoms with Crippen LogP contribution in [-0.4, -0.2) is 10.7 Å². The van der Waals surface area contributed by atoms with E-state index >= 15 is 0 Å². The summed E-state index contributed by atoms with van der Waals surface area (Å²) in [5.41, 5.74) is 0.140. The molecule has 104 valence electrons. The molecule has 18 heavy (non-hydrogen) atoms. The van der Waals surface area contributed by atoms with Crippen LogP contribution >= 0.6 is 0 Å². The van der Waals surface area contributed by atoms with Gasteiger partial charge in [-0.15, -0.1) is 0 Å². The molecular formula is C17H30O. The van der Waals surface area contributed by atoms with Gasteiger partial charge in [-0.3, -0.25) is 0 Å². The van der Waals surface area contributed by atoms with Crippen LogP contribution in [0, 0.1) is 29.1 Å². The van der Waals surface area contributed by atoms with Crippen LogP contribution in [0.4, 0.5) is 0 Å². The van der Waals surface area contributed by atoms with Gasteiger partial charge in [-0.05, 0) is 74.0 Å². The van der Waals surface area contributed by atoms with Gasteiger partial charge in [0.1, 0.15) is 0 Å². The van der Waals surface area contributed by atoms with Crippen molar-refractivity contribution in [1.82, 2.24) is 0 Å². The third kappa shape index (κ3) is 2.24. The van der Waals surface area contributed by atoms with Crippen molar-refractivity contribution in [2.24, 2.45) is 29.1 Å². The first-order chi connectivity index (χ1) is 8.37. The predicted molar refractivity (Wildman–Crippen MR) is 75.3 cm³/mol. The average molecular weight is 250 g/mol. The van der Waals surface area contributed by atoms with Crippen molar-refractivity contribution >= 4 is 0 Å². The van der Waals surface area contributed by atoms with Gasteiger partial charge in [0.25, 0.3) is 0 Å². The molecule has 0 aromatic rings. The Hall–Kier alpha value is -0.0400. The monoisotopic (exact) mass is 250 g/mol. The van der Waals surface area contributed by atoms with Gasteiger partial charge in [-0.25, -0.2) is 0 Å². The fourth-order valence-corrected chi connectivity index (χ4v) is 5.31. The van der Waals surface area contributed by atoms with Gasteiger partial charge < -0.3 is 5.11 Å². The Labute approximate surface area is 112 Å². The highest BCUT2D eigenvalue weighted by atomic mass is 16.3. The largest absolute Gasteiger partial charge is 0.389 e. The molecule has 1 heteroatoms. The van der Waals surface area contributed by atoms with Crippen molar-refractivity contribution in [3.05, 3.63) is 0 Å². The molecule has 0 radical (unpaired) electrons. The molecule has 0 saturated heterocycles. The molecule has 0 heterocycles. The van der Waals surface area contributed by atoms with Gasteiger partial charge in [-0.1, -0.05) is 27.2 Å². The summed E-state index contributed by atoms with van der Waals surface area (Å²) in [4.78, 5) is 0. The van der Waals surface area contributed by atoms with E-state index in [1.807, 2.05) is 0 Å². The van der Waals surface area contributed by atoms with E-state index in [4.69, 9.17) is 0 Å². The van der Waals surface area contributed by atoms with Crippen molar-refractivity contribution in [3.8, 4) is 0 Å². The lowest BCUT2D eigenvalue weighted by Crippen LogP contribution is -2.57. The molecule has 1 N–H and O–H groups in total. The standard InChI is InChI=1S/C17H30O/c1-16(2,3)5-4-6-17(18)14-8-12-7-13(10-14)11-15(17)9-12/h12-15,18H,4-11H2,1-3H3. The Bertz CT molecular complexity index is 284. The maximum atomic E-state index is 11.2. The molecular weight excluding hydrogens is 220 g/mol. The zero-order valence-electron chi connectivity index (χ0n) is 12.4. The highest BCUT2D eigenvalue weighted by Crippen LogP contribution is 2.59. The minimum Gasteiger partial charge on any atom is -0.389 e. The van der Waals surface area contributed by atoms with Crippen LogP contribution < -0.4 is 0 Å². The smallest absolute Gasteiger partial charge is 0.0704 e. The SMILES string of the molecule is CC(C)(C)CCCC1(O)C2CC3CC(C2)CC1C3. The number of rotatable bonds is 3. The molecule has 0 spiro atoms. The Kier molecular flexibility index (Phi) is 3.05. The molecule has 4 fully saturated rings. The summed E-state index contributed by atoms with van der Waals surface area (Å²) in [6.45, 7) is 6.94. The maximum Gasteiger partial charge on any atom is 0.0704 e. The quantitative estimate of drug-likeness (QED) is 0.787. The molecule has 4 saturated carbocycles. The van der Waals surface area contributed by atoms with E-state index in [1.54, 1.807) is 0 Å². The van der Waals surface area contributed by atoms with Crippen molar-refractivity contribution in [3.63, 3.8) is 0 Å². The first kappa shape index (κ1) is 13.0. The number of aliphatic hydroxyl groups is 1. The minimum absolute atomic E-state index is 0.279. The van der Waals surface area contributed by atoms with Crippen LogP contribution in [0.1, 0.15) is 72.1 Å². The van der Waals surface area contributed by atoms with Gasteiger partial charge in [-0.2, -0.15) is 0 Å². The Morgan fingerprint density at radius 2 is 1.44 bits per heavy atom. The predicted octanol–water partition coefficient (Wildman–Crippen LogP) is 4.39. The van der Waals surface area contributed by atoms with Crippen LogP contribution in [-0.2, 0) is 0 Å². The van der Waals surface area contributed by atoms with Crippen LogP contribution in [0.5, 0.6) is 0 Å². The summed E-state index contributed by atoms with van der Waals surface area (Å²) in [6, 6.07) is 0. The maximum absolute atomic E-state index is 11.2. The third-order valence-electron chi connectivity index (χ3n) is 6.06. The zero-order chi connectivity index (χ0) is 13.0. The molecule has 4 rings (SSSR count). The number of hydrogen-bond acceptors (Lipinski definition) is 1. The Morgan fingerprint density at radius 3 is 1.89 bits per heavy atom. The van der Waals surface area contributed by atoms with E-state index in [-0.39, 0.29) is 5.60 Å². The molecule has 0 unspecified atom stereocenters. The van der Waals surface area contributed by atoms with E-state index in [0.717, 1.165) is 18.3 Å². The van der Waals surface area contributed by atoms with E-state index in [2.05, 4.69) is 20.8 Å². The second-order valence-electron chi connectivity index (χ2n) is 8.71. The van der Waals surface area contributed by atoms with Crippen LogP contribution in [0.2, 0.25) is 0 Å². The summed E-state index contributed by atoms with van der Waals surface area (Å²) in [6.07, 6.45) is 10.3. The minimum atomic E-state index is -0.279. The first-order valence-corrected chi connectivity index (χ1v) is 8.09. The van der Waals surface area contributed by atoms with Crippen LogP contribution in [0.25, 0.3) is 0 Å². The van der Waals surface area contributed by atoms with Crippen molar-refractivity contribution in [1.29, 1.82) is 0 Å². The lowest BCUT2D eigenvalue weighted by molar-refractivity contribution is -0.177. The summed E-state index contributed by atoms with van der Waals surface area (Å²) in [7, 11) is 0. The highest BCUT2D eigenvalue weighted by Gasteiger charge is 2.55. The van der Waals surface area contributed by atoms with Crippen molar-refractivity contribution in [2.75, 3.05) is 0 Å². The lowest BCUT2D eigenvalue weighted by Gasteiger charge is -2.59. The van der Waals surface area contributed by atoms with E-state index in [1.165, 1.54) is 44.9 Å². The highest BCUT2D eigenvalue weighted by molar-refractivity contribution is 5.06. The Balaban J connectivity index is 1.63. The molecule has 4 bridgehead atoms. The summed E-state index contributed by atoms with van der Waals surface area (Å²) in [5, 5.41) is 11.2. The molecule has 0 atom stereocenters. The van der Waals surface area contributed by atoms with Gasteiger partial charge in [0.15, 0.2) is 0 Å². The fraction of sp³-hybridized carbons (Fsp3) is 1.00. The second kappa shape index (κ2) is 4.23. The van der Waals surface area contributed by atoms with E-state index in [0.29, 0.717) is 17.3 Å². The molecule has 0 aliphatic heterocycles. The van der Waals surface area contributed by atoms with Gasteiger partial charge >= 0.3 is 0 Å². The number of hydrogen-bond donors (Lipinski definition) is 1. The van der Waals surface area contributed by atoms with Gasteiger partial charge in [0.2, 0.25) is 0 Å². The zero-order valence-corrected chi connectivity index (χ0v) is 12.4. The Morgan fingerprint density at radius 1 is 0.944 bits per heavy atom. The summed E-state index contributed by atoms with van der Waals surface area (Å²) in [5.74, 6) is 3.23. The van der Waals surface area contributed by atoms with Crippen molar-refractivity contribution in [2.45, 2.75) is 77.7 Å².